The van der Waals surface area contributed by atoms with Crippen molar-refractivity contribution in [1.82, 2.24) is 9.80 Å². The van der Waals surface area contributed by atoms with Gasteiger partial charge in [0.25, 0.3) is 11.7 Å². The first-order chi connectivity index (χ1) is 17.4. The maximum atomic E-state index is 13.3. The molecule has 2 aromatic rings. The minimum absolute atomic E-state index is 0.142. The van der Waals surface area contributed by atoms with Gasteiger partial charge in [0, 0.05) is 18.7 Å². The fourth-order valence-corrected chi connectivity index (χ4v) is 4.62. The number of aryl methyl sites for hydroxylation is 2. The van der Waals surface area contributed by atoms with Crippen LogP contribution in [0.3, 0.4) is 0 Å². The fourth-order valence-electron chi connectivity index (χ4n) is 4.62. The van der Waals surface area contributed by atoms with Crippen LogP contribution in [-0.4, -0.2) is 59.4 Å². The Morgan fingerprint density at radius 3 is 2.31 bits per heavy atom. The second-order valence-electron chi connectivity index (χ2n) is 9.30. The molecule has 0 spiro atoms. The van der Waals surface area contributed by atoms with E-state index in [1.165, 1.54) is 5.56 Å². The number of unbranched alkanes of at least 4 members (excludes halogenated alkanes) is 1. The lowest BCUT2D eigenvalue weighted by molar-refractivity contribution is -0.140. The van der Waals surface area contributed by atoms with Crippen LogP contribution in [0.25, 0.3) is 5.76 Å². The summed E-state index contributed by atoms with van der Waals surface area (Å²) in [5, 5.41) is 11.4. The van der Waals surface area contributed by atoms with Crippen LogP contribution in [0.5, 0.6) is 5.75 Å². The molecule has 1 N–H and O–H groups in total. The molecule has 0 saturated carbocycles. The summed E-state index contributed by atoms with van der Waals surface area (Å²) in [4.78, 5) is 30.3. The normalized spacial score (nSPS) is 17.3. The highest BCUT2D eigenvalue weighted by molar-refractivity contribution is 6.46. The number of likely N-dealkylation sites (N-methyl/N-ethyl adjacent to an activating group) is 1. The molecule has 0 bridgehead atoms. The van der Waals surface area contributed by atoms with E-state index in [1.54, 1.807) is 11.0 Å². The Hall–Kier alpha value is -3.12. The number of amides is 1. The van der Waals surface area contributed by atoms with Crippen molar-refractivity contribution in [2.24, 2.45) is 0 Å². The van der Waals surface area contributed by atoms with E-state index in [0.29, 0.717) is 25.3 Å². The summed E-state index contributed by atoms with van der Waals surface area (Å²) in [5.41, 5.74) is 3.52. The van der Waals surface area contributed by atoms with Crippen molar-refractivity contribution >= 4 is 17.4 Å². The average Bonchev–Trinajstić information content (AvgIpc) is 3.15. The molecule has 0 aliphatic carbocycles. The monoisotopic (exact) mass is 492 g/mol. The van der Waals surface area contributed by atoms with Gasteiger partial charge in [0.2, 0.25) is 0 Å². The summed E-state index contributed by atoms with van der Waals surface area (Å²) in [6.07, 6.45) is 2.91. The van der Waals surface area contributed by atoms with E-state index < -0.39 is 17.7 Å². The van der Waals surface area contributed by atoms with Gasteiger partial charge in [0.1, 0.15) is 11.5 Å². The van der Waals surface area contributed by atoms with Crippen LogP contribution in [0.15, 0.2) is 48.0 Å². The lowest BCUT2D eigenvalue weighted by Gasteiger charge is -2.28. The summed E-state index contributed by atoms with van der Waals surface area (Å²) in [7, 11) is 0. The molecule has 2 aromatic carbocycles. The zero-order valence-corrected chi connectivity index (χ0v) is 22.3. The van der Waals surface area contributed by atoms with E-state index in [4.69, 9.17) is 4.74 Å². The third-order valence-corrected chi connectivity index (χ3v) is 7.00. The molecule has 194 valence electrons. The van der Waals surface area contributed by atoms with Gasteiger partial charge in [0.15, 0.2) is 0 Å². The predicted molar refractivity (Wildman–Crippen MR) is 144 cm³/mol. The fraction of sp³-hybridized carbons (Fsp3) is 0.467. The smallest absolute Gasteiger partial charge is 0.295 e. The van der Waals surface area contributed by atoms with Gasteiger partial charge < -0.3 is 19.6 Å². The van der Waals surface area contributed by atoms with Crippen molar-refractivity contribution in [2.75, 3.05) is 32.8 Å². The van der Waals surface area contributed by atoms with Gasteiger partial charge in [-0.1, -0.05) is 58.4 Å². The highest BCUT2D eigenvalue weighted by Crippen LogP contribution is 2.39. The lowest BCUT2D eigenvalue weighted by atomic mass is 9.94. The molecule has 1 aliphatic heterocycles. The van der Waals surface area contributed by atoms with Crippen molar-refractivity contribution < 1.29 is 19.4 Å². The Morgan fingerprint density at radius 1 is 1.03 bits per heavy atom. The van der Waals surface area contributed by atoms with Gasteiger partial charge in [-0.15, -0.1) is 0 Å². The van der Waals surface area contributed by atoms with Gasteiger partial charge in [0.05, 0.1) is 18.2 Å². The number of rotatable bonds is 12. The molecule has 36 heavy (non-hydrogen) atoms. The van der Waals surface area contributed by atoms with Crippen LogP contribution < -0.4 is 4.74 Å². The summed E-state index contributed by atoms with van der Waals surface area (Å²) in [5.74, 6) is -0.597. The van der Waals surface area contributed by atoms with Gasteiger partial charge in [-0.05, 0) is 67.7 Å². The highest BCUT2D eigenvalue weighted by atomic mass is 16.5. The van der Waals surface area contributed by atoms with Gasteiger partial charge in [-0.2, -0.15) is 0 Å². The number of nitrogens with zero attached hydrogens (tertiary/aromatic N) is 2. The van der Waals surface area contributed by atoms with Gasteiger partial charge in [-0.25, -0.2) is 0 Å². The molecular weight excluding hydrogens is 452 g/mol. The summed E-state index contributed by atoms with van der Waals surface area (Å²) < 4.78 is 5.85. The van der Waals surface area contributed by atoms with E-state index in [0.717, 1.165) is 49.2 Å². The van der Waals surface area contributed by atoms with Crippen LogP contribution in [0.4, 0.5) is 0 Å². The first-order valence-electron chi connectivity index (χ1n) is 13.2. The van der Waals surface area contributed by atoms with Gasteiger partial charge in [-0.3, -0.25) is 9.59 Å². The number of ketones is 1. The van der Waals surface area contributed by atoms with E-state index in [-0.39, 0.29) is 11.3 Å². The predicted octanol–water partition coefficient (Wildman–Crippen LogP) is 5.50. The van der Waals surface area contributed by atoms with Crippen LogP contribution in [0.2, 0.25) is 0 Å². The number of ether oxygens (including phenoxy) is 1. The van der Waals surface area contributed by atoms with Crippen LogP contribution >= 0.6 is 0 Å². The van der Waals surface area contributed by atoms with E-state index >= 15 is 0 Å². The molecule has 1 amide bonds. The number of carbonyl (C=O) groups is 2. The first-order valence-corrected chi connectivity index (χ1v) is 13.2. The number of carbonyl (C=O) groups excluding carboxylic acids is 2. The van der Waals surface area contributed by atoms with Crippen molar-refractivity contribution in [1.29, 1.82) is 0 Å². The van der Waals surface area contributed by atoms with Crippen LogP contribution in [-0.2, 0) is 16.0 Å². The Bertz CT molecular complexity index is 1090. The topological polar surface area (TPSA) is 70.1 Å². The number of benzene rings is 2. The average molecular weight is 493 g/mol. The molecular formula is C30H40N2O4. The van der Waals surface area contributed by atoms with E-state index in [9.17, 15) is 14.7 Å². The van der Waals surface area contributed by atoms with Gasteiger partial charge >= 0.3 is 0 Å². The molecule has 6 heteroatoms. The summed E-state index contributed by atoms with van der Waals surface area (Å²) in [6.45, 7) is 13.7. The third-order valence-electron chi connectivity index (χ3n) is 7.00. The molecule has 1 atom stereocenters. The van der Waals surface area contributed by atoms with Crippen molar-refractivity contribution in [3.05, 3.63) is 70.3 Å². The third kappa shape index (κ3) is 5.98. The quantitative estimate of drug-likeness (QED) is 0.183. The molecule has 1 heterocycles. The molecule has 1 saturated heterocycles. The maximum Gasteiger partial charge on any atom is 0.295 e. The molecule has 3 rings (SSSR count). The van der Waals surface area contributed by atoms with Crippen LogP contribution in [0.1, 0.15) is 68.8 Å². The molecule has 1 fully saturated rings. The summed E-state index contributed by atoms with van der Waals surface area (Å²) in [6, 6.07) is 12.7. The van der Waals surface area contributed by atoms with E-state index in [2.05, 4.69) is 32.6 Å². The molecule has 1 unspecified atom stereocenters. The van der Waals surface area contributed by atoms with Crippen molar-refractivity contribution in [3.8, 4) is 5.75 Å². The Kier molecular flexibility index (Phi) is 9.71. The minimum Gasteiger partial charge on any atom is -0.507 e. The second-order valence-corrected chi connectivity index (χ2v) is 9.30. The number of aliphatic hydroxyl groups excluding tert-OH is 1. The number of likely N-dealkylation sites (tertiary alicyclic amines) is 1. The number of Topliss-reactive ketones (excluding diaryl/α,β-unsaturated/α-hetero) is 1. The molecule has 1 aliphatic rings. The number of aliphatic hydroxyl groups is 1. The Balaban J connectivity index is 2.04. The summed E-state index contributed by atoms with van der Waals surface area (Å²) >= 11 is 0. The highest BCUT2D eigenvalue weighted by Gasteiger charge is 2.46. The van der Waals surface area contributed by atoms with Crippen molar-refractivity contribution in [3.63, 3.8) is 0 Å². The number of hydrogen-bond donors (Lipinski definition) is 1. The zero-order chi connectivity index (χ0) is 26.2. The lowest BCUT2D eigenvalue weighted by Crippen LogP contribution is -2.38. The SMILES string of the molecule is CCCCOc1ccc(/C(O)=C2/C(=O)C(=O)N(CCN(CC)CC)C2c2ccc(CC)cc2)cc1C. The van der Waals surface area contributed by atoms with Crippen LogP contribution in [0, 0.1) is 6.92 Å². The second kappa shape index (κ2) is 12.7. The van der Waals surface area contributed by atoms with Crippen molar-refractivity contribution in [2.45, 2.75) is 59.9 Å². The zero-order valence-electron chi connectivity index (χ0n) is 22.3. The van der Waals surface area contributed by atoms with E-state index in [1.807, 2.05) is 43.3 Å². The first kappa shape index (κ1) is 27.5. The molecule has 0 radical (unpaired) electrons. The molecule has 6 nitrogen and oxygen atoms in total. The number of hydrogen-bond acceptors (Lipinski definition) is 5. The largest absolute Gasteiger partial charge is 0.507 e. The standard InChI is InChI=1S/C30H40N2O4/c1-6-10-19-36-25-16-15-24(20-21(25)5)28(33)26-27(23-13-11-22(7-2)12-14-23)32(30(35)29(26)34)18-17-31(8-3)9-4/h11-16,20,27,33H,6-10,17-19H2,1-5H3/b28-26-. The Morgan fingerprint density at radius 2 is 1.72 bits per heavy atom. The molecule has 0 aromatic heterocycles. The Labute approximate surface area is 215 Å². The maximum absolute atomic E-state index is 13.3. The minimum atomic E-state index is -0.641.